The van der Waals surface area contributed by atoms with Gasteiger partial charge in [-0.1, -0.05) is 18.2 Å². The number of nitrogens with zero attached hydrogens (tertiary/aromatic N) is 1. The van der Waals surface area contributed by atoms with Crippen molar-refractivity contribution in [2.45, 2.75) is 31.0 Å². The van der Waals surface area contributed by atoms with Crippen LogP contribution in [0.2, 0.25) is 0 Å². The maximum absolute atomic E-state index is 12.9. The highest BCUT2D eigenvalue weighted by Gasteiger charge is 2.32. The van der Waals surface area contributed by atoms with Crippen LogP contribution in [0.4, 0.5) is 13.2 Å². The van der Waals surface area contributed by atoms with Gasteiger partial charge in [-0.25, -0.2) is 0 Å². The summed E-state index contributed by atoms with van der Waals surface area (Å²) in [6.45, 7) is 1.62. The highest BCUT2D eigenvalue weighted by molar-refractivity contribution is 5.76. The fourth-order valence-corrected chi connectivity index (χ4v) is 2.87. The van der Waals surface area contributed by atoms with Crippen molar-refractivity contribution in [2.75, 3.05) is 26.7 Å². The average Bonchev–Trinajstić information content (AvgIpc) is 2.91. The highest BCUT2D eigenvalue weighted by Crippen LogP contribution is 2.32. The molecule has 0 bridgehead atoms. The number of benzene rings is 1. The van der Waals surface area contributed by atoms with Gasteiger partial charge in [0.25, 0.3) is 0 Å². The number of amides is 1. The van der Waals surface area contributed by atoms with E-state index < -0.39 is 17.8 Å². The van der Waals surface area contributed by atoms with Crippen molar-refractivity contribution in [3.63, 3.8) is 0 Å². The number of likely N-dealkylation sites (tertiary alicyclic amines) is 1. The number of alkyl halides is 3. The first-order valence-corrected chi connectivity index (χ1v) is 7.57. The smallest absolute Gasteiger partial charge is 0.392 e. The van der Waals surface area contributed by atoms with E-state index >= 15 is 0 Å². The van der Waals surface area contributed by atoms with Gasteiger partial charge in [0.15, 0.2) is 0 Å². The molecule has 1 fully saturated rings. The molecule has 7 heteroatoms. The monoisotopic (exact) mass is 330 g/mol. The van der Waals surface area contributed by atoms with E-state index in [-0.39, 0.29) is 18.2 Å². The van der Waals surface area contributed by atoms with Gasteiger partial charge < -0.3 is 15.3 Å². The summed E-state index contributed by atoms with van der Waals surface area (Å²) in [6.07, 6.45) is -4.05. The van der Waals surface area contributed by atoms with Crippen LogP contribution in [0.3, 0.4) is 0 Å². The largest absolute Gasteiger partial charge is 0.416 e. The second-order valence-electron chi connectivity index (χ2n) is 5.90. The predicted octanol–water partition coefficient (Wildman–Crippen LogP) is 1.99. The van der Waals surface area contributed by atoms with Crippen LogP contribution in [0.5, 0.6) is 0 Å². The standard InChI is InChI=1S/C16H21F3N2O2/c1-20-15(23)8-12(9-21-6-5-14(22)10-21)11-3-2-4-13(7-11)16(17,18)19/h2-4,7,12,14,22H,5-6,8-10H2,1H3,(H,20,23)/t12-,14+/m1/s1. The van der Waals surface area contributed by atoms with E-state index in [1.54, 1.807) is 6.07 Å². The molecule has 0 radical (unpaired) electrons. The number of hydrogen-bond donors (Lipinski definition) is 2. The molecule has 0 spiro atoms. The van der Waals surface area contributed by atoms with Crippen LogP contribution >= 0.6 is 0 Å². The zero-order valence-electron chi connectivity index (χ0n) is 12.9. The second kappa shape index (κ2) is 7.31. The van der Waals surface area contributed by atoms with Gasteiger partial charge in [0, 0.05) is 39.0 Å². The van der Waals surface area contributed by atoms with E-state index in [4.69, 9.17) is 0 Å². The Labute approximate surface area is 133 Å². The topological polar surface area (TPSA) is 52.6 Å². The minimum absolute atomic E-state index is 0.115. The Hall–Kier alpha value is -1.60. The summed E-state index contributed by atoms with van der Waals surface area (Å²) < 4.78 is 38.7. The normalized spacial score (nSPS) is 20.5. The first kappa shape index (κ1) is 17.7. The third-order valence-electron chi connectivity index (χ3n) is 4.12. The molecule has 1 aromatic rings. The first-order valence-electron chi connectivity index (χ1n) is 7.57. The van der Waals surface area contributed by atoms with Gasteiger partial charge in [0.1, 0.15) is 0 Å². The Balaban J connectivity index is 2.20. The number of carbonyl (C=O) groups excluding carboxylic acids is 1. The fourth-order valence-electron chi connectivity index (χ4n) is 2.87. The maximum atomic E-state index is 12.9. The van der Waals surface area contributed by atoms with Gasteiger partial charge in [-0.05, 0) is 18.1 Å². The third-order valence-corrected chi connectivity index (χ3v) is 4.12. The molecule has 0 saturated carbocycles. The lowest BCUT2D eigenvalue weighted by molar-refractivity contribution is -0.137. The Kier molecular flexibility index (Phi) is 5.64. The SMILES string of the molecule is CNC(=O)C[C@H](CN1CC[C@H](O)C1)c1cccc(C(F)(F)F)c1. The lowest BCUT2D eigenvalue weighted by Crippen LogP contribution is -2.30. The summed E-state index contributed by atoms with van der Waals surface area (Å²) in [5, 5.41) is 12.1. The van der Waals surface area contributed by atoms with E-state index in [1.807, 2.05) is 4.90 Å². The maximum Gasteiger partial charge on any atom is 0.416 e. The molecule has 2 N–H and O–H groups in total. The molecule has 128 valence electrons. The summed E-state index contributed by atoms with van der Waals surface area (Å²) in [4.78, 5) is 13.7. The van der Waals surface area contributed by atoms with Gasteiger partial charge in [-0.2, -0.15) is 13.2 Å². The molecule has 2 atom stereocenters. The zero-order valence-corrected chi connectivity index (χ0v) is 12.9. The summed E-state index contributed by atoms with van der Waals surface area (Å²) in [7, 11) is 1.51. The molecule has 1 heterocycles. The minimum Gasteiger partial charge on any atom is -0.392 e. The summed E-state index contributed by atoms with van der Waals surface area (Å²) in [5.41, 5.74) is -0.219. The summed E-state index contributed by atoms with van der Waals surface area (Å²) in [6, 6.07) is 5.13. The quantitative estimate of drug-likeness (QED) is 0.868. The molecule has 23 heavy (non-hydrogen) atoms. The van der Waals surface area contributed by atoms with Crippen LogP contribution in [0.1, 0.15) is 29.9 Å². The molecular formula is C16H21F3N2O2. The lowest BCUT2D eigenvalue weighted by atomic mass is 9.93. The molecule has 0 aliphatic carbocycles. The highest BCUT2D eigenvalue weighted by atomic mass is 19.4. The van der Waals surface area contributed by atoms with Crippen molar-refractivity contribution in [3.8, 4) is 0 Å². The van der Waals surface area contributed by atoms with Gasteiger partial charge >= 0.3 is 6.18 Å². The van der Waals surface area contributed by atoms with Crippen molar-refractivity contribution in [2.24, 2.45) is 0 Å². The number of aliphatic hydroxyl groups is 1. The van der Waals surface area contributed by atoms with Gasteiger partial charge in [0.2, 0.25) is 5.91 Å². The minimum atomic E-state index is -4.41. The number of nitrogens with one attached hydrogen (secondary N) is 1. The van der Waals surface area contributed by atoms with E-state index in [9.17, 15) is 23.1 Å². The van der Waals surface area contributed by atoms with E-state index in [0.717, 1.165) is 12.1 Å². The van der Waals surface area contributed by atoms with Crippen LogP contribution in [0, 0.1) is 0 Å². The van der Waals surface area contributed by atoms with E-state index in [1.165, 1.54) is 13.1 Å². The van der Waals surface area contributed by atoms with Crippen LogP contribution < -0.4 is 5.32 Å². The number of aliphatic hydroxyl groups excluding tert-OH is 1. The van der Waals surface area contributed by atoms with Gasteiger partial charge in [-0.15, -0.1) is 0 Å². The van der Waals surface area contributed by atoms with Crippen LogP contribution in [0.15, 0.2) is 24.3 Å². The third kappa shape index (κ3) is 4.94. The lowest BCUT2D eigenvalue weighted by Gasteiger charge is -2.24. The first-order chi connectivity index (χ1) is 10.8. The molecule has 1 aromatic carbocycles. The van der Waals surface area contributed by atoms with E-state index in [2.05, 4.69) is 5.32 Å². The molecule has 1 aliphatic heterocycles. The van der Waals surface area contributed by atoms with Crippen LogP contribution in [-0.2, 0) is 11.0 Å². The molecule has 4 nitrogen and oxygen atoms in total. The van der Waals surface area contributed by atoms with Crippen molar-refractivity contribution in [3.05, 3.63) is 35.4 Å². The van der Waals surface area contributed by atoms with Crippen molar-refractivity contribution < 1.29 is 23.1 Å². The van der Waals surface area contributed by atoms with Crippen molar-refractivity contribution in [1.29, 1.82) is 0 Å². The predicted molar refractivity (Wildman–Crippen MR) is 79.9 cm³/mol. The van der Waals surface area contributed by atoms with Crippen LogP contribution in [0.25, 0.3) is 0 Å². The molecule has 0 aromatic heterocycles. The Morgan fingerprint density at radius 3 is 2.78 bits per heavy atom. The number of rotatable bonds is 5. The van der Waals surface area contributed by atoms with Gasteiger partial charge in [0.05, 0.1) is 11.7 Å². The zero-order chi connectivity index (χ0) is 17.0. The average molecular weight is 330 g/mol. The van der Waals surface area contributed by atoms with Crippen molar-refractivity contribution in [1.82, 2.24) is 10.2 Å². The van der Waals surface area contributed by atoms with Gasteiger partial charge in [-0.3, -0.25) is 4.79 Å². The van der Waals surface area contributed by atoms with E-state index in [0.29, 0.717) is 31.6 Å². The number of carbonyl (C=O) groups is 1. The molecule has 0 unspecified atom stereocenters. The molecule has 2 rings (SSSR count). The number of halogens is 3. The fraction of sp³-hybridized carbons (Fsp3) is 0.562. The Morgan fingerprint density at radius 1 is 1.48 bits per heavy atom. The number of β-amino-alcohol motifs (C(OH)–C–C–N with tert-alkyl or cyclic N) is 1. The number of hydrogen-bond acceptors (Lipinski definition) is 3. The Bertz CT molecular complexity index is 548. The van der Waals surface area contributed by atoms with Crippen molar-refractivity contribution >= 4 is 5.91 Å². The molecule has 1 saturated heterocycles. The second-order valence-corrected chi connectivity index (χ2v) is 5.90. The Morgan fingerprint density at radius 2 is 2.22 bits per heavy atom. The summed E-state index contributed by atoms with van der Waals surface area (Å²) in [5.74, 6) is -0.560. The molecule has 1 amide bonds. The summed E-state index contributed by atoms with van der Waals surface area (Å²) >= 11 is 0. The molecule has 1 aliphatic rings. The molecular weight excluding hydrogens is 309 g/mol. The van der Waals surface area contributed by atoms with Crippen LogP contribution in [-0.4, -0.2) is 48.7 Å².